The van der Waals surface area contributed by atoms with Crippen molar-refractivity contribution >= 4 is 15.9 Å². The second-order valence-electron chi connectivity index (χ2n) is 6.19. The van der Waals surface area contributed by atoms with Gasteiger partial charge >= 0.3 is 0 Å². The minimum atomic E-state index is -0.200. The first-order valence-corrected chi connectivity index (χ1v) is 7.92. The Morgan fingerprint density at radius 2 is 2.00 bits per heavy atom. The lowest BCUT2D eigenvalue weighted by Gasteiger charge is -2.28. The molecule has 1 aromatic rings. The molecule has 2 nitrogen and oxygen atoms in total. The second-order valence-corrected chi connectivity index (χ2v) is 7.11. The largest absolute Gasteiger partial charge is 0.497 e. The Balaban J connectivity index is 2.42. The van der Waals surface area contributed by atoms with E-state index in [9.17, 15) is 0 Å². The number of hydrogen-bond acceptors (Lipinski definition) is 2. The number of halogens is 1. The van der Waals surface area contributed by atoms with Crippen LogP contribution in [-0.2, 0) is 0 Å². The maximum Gasteiger partial charge on any atom is 0.124 e. The molecule has 1 aliphatic rings. The van der Waals surface area contributed by atoms with Crippen LogP contribution in [0.15, 0.2) is 28.8 Å². The first-order chi connectivity index (χ1) is 9.40. The average Bonchev–Trinajstić information content (AvgIpc) is 2.38. The summed E-state index contributed by atoms with van der Waals surface area (Å²) in [5, 5.41) is 0. The van der Waals surface area contributed by atoms with Crippen molar-refractivity contribution in [3.8, 4) is 11.5 Å². The van der Waals surface area contributed by atoms with E-state index in [2.05, 4.69) is 48.8 Å². The van der Waals surface area contributed by atoms with Gasteiger partial charge in [-0.3, -0.25) is 0 Å². The summed E-state index contributed by atoms with van der Waals surface area (Å²) in [6.07, 6.45) is 5.78. The van der Waals surface area contributed by atoms with Gasteiger partial charge in [0.15, 0.2) is 0 Å². The van der Waals surface area contributed by atoms with E-state index in [1.54, 1.807) is 7.11 Å². The lowest BCUT2D eigenvalue weighted by Crippen LogP contribution is -2.24. The molecule has 0 aromatic heterocycles. The zero-order valence-corrected chi connectivity index (χ0v) is 14.3. The van der Waals surface area contributed by atoms with E-state index < -0.39 is 0 Å². The Kier molecular flexibility index (Phi) is 4.79. The zero-order chi connectivity index (χ0) is 14.8. The Hall–Kier alpha value is -0.960. The summed E-state index contributed by atoms with van der Waals surface area (Å²) in [7, 11) is 1.70. The van der Waals surface area contributed by atoms with Crippen molar-refractivity contribution in [2.45, 2.75) is 51.6 Å². The molecule has 1 atom stereocenters. The first kappa shape index (κ1) is 15.4. The van der Waals surface area contributed by atoms with Gasteiger partial charge in [0.25, 0.3) is 0 Å². The fourth-order valence-corrected chi connectivity index (χ4v) is 3.20. The number of ether oxygens (including phenoxy) is 2. The van der Waals surface area contributed by atoms with E-state index in [-0.39, 0.29) is 5.60 Å². The molecule has 0 aliphatic heterocycles. The second kappa shape index (κ2) is 6.21. The Morgan fingerprint density at radius 3 is 2.60 bits per heavy atom. The van der Waals surface area contributed by atoms with Gasteiger partial charge < -0.3 is 9.47 Å². The fraction of sp³-hybridized carbons (Fsp3) is 0.529. The molecule has 1 aliphatic carbocycles. The summed E-state index contributed by atoms with van der Waals surface area (Å²) in [6.45, 7) is 6.23. The maximum atomic E-state index is 6.13. The molecule has 0 bridgehead atoms. The molecule has 0 radical (unpaired) electrons. The lowest BCUT2D eigenvalue weighted by molar-refractivity contribution is 0.128. The number of benzene rings is 1. The Labute approximate surface area is 130 Å². The van der Waals surface area contributed by atoms with Gasteiger partial charge in [-0.05, 0) is 62.7 Å². The average molecular weight is 339 g/mol. The summed E-state index contributed by atoms with van der Waals surface area (Å²) >= 11 is 3.72. The predicted octanol–water partition coefficient (Wildman–Crippen LogP) is 5.42. The molecule has 3 heteroatoms. The summed E-state index contributed by atoms with van der Waals surface area (Å²) in [4.78, 5) is 0. The molecule has 0 fully saturated rings. The van der Waals surface area contributed by atoms with E-state index in [1.807, 2.05) is 12.1 Å². The third kappa shape index (κ3) is 3.78. The van der Waals surface area contributed by atoms with E-state index in [0.29, 0.717) is 5.92 Å². The van der Waals surface area contributed by atoms with Gasteiger partial charge in [-0.25, -0.2) is 0 Å². The zero-order valence-electron chi connectivity index (χ0n) is 12.7. The first-order valence-electron chi connectivity index (χ1n) is 7.13. The van der Waals surface area contributed by atoms with Gasteiger partial charge in [-0.2, -0.15) is 0 Å². The highest BCUT2D eigenvalue weighted by atomic mass is 79.9. The minimum Gasteiger partial charge on any atom is -0.497 e. The highest BCUT2D eigenvalue weighted by Gasteiger charge is 2.24. The highest BCUT2D eigenvalue weighted by Crippen LogP contribution is 2.43. The van der Waals surface area contributed by atoms with Gasteiger partial charge in [-0.1, -0.05) is 22.0 Å². The van der Waals surface area contributed by atoms with Crippen molar-refractivity contribution < 1.29 is 9.47 Å². The van der Waals surface area contributed by atoms with E-state index in [1.165, 1.54) is 16.5 Å². The van der Waals surface area contributed by atoms with E-state index in [4.69, 9.17) is 9.47 Å². The van der Waals surface area contributed by atoms with Crippen LogP contribution in [0.25, 0.3) is 0 Å². The molecule has 0 saturated carbocycles. The van der Waals surface area contributed by atoms with Crippen LogP contribution < -0.4 is 9.47 Å². The number of allylic oxidation sites excluding steroid dienone is 2. The van der Waals surface area contributed by atoms with Crippen molar-refractivity contribution in [3.63, 3.8) is 0 Å². The van der Waals surface area contributed by atoms with E-state index >= 15 is 0 Å². The van der Waals surface area contributed by atoms with Crippen molar-refractivity contribution in [1.29, 1.82) is 0 Å². The molecular formula is C17H23BrO2. The van der Waals surface area contributed by atoms with Crippen LogP contribution in [0.3, 0.4) is 0 Å². The van der Waals surface area contributed by atoms with Crippen molar-refractivity contribution in [1.82, 2.24) is 0 Å². The van der Waals surface area contributed by atoms with Crippen molar-refractivity contribution in [3.05, 3.63) is 34.3 Å². The molecule has 1 unspecified atom stereocenters. The molecule has 0 amide bonds. The minimum absolute atomic E-state index is 0.200. The Bertz CT molecular complexity index is 500. The van der Waals surface area contributed by atoms with Gasteiger partial charge in [0.2, 0.25) is 0 Å². The SMILES string of the molecule is COc1ccc(OC(C)(C)C)c(C2CCCC=C2Br)c1. The van der Waals surface area contributed by atoms with Crippen molar-refractivity contribution in [2.24, 2.45) is 0 Å². The lowest BCUT2D eigenvalue weighted by atomic mass is 9.88. The van der Waals surface area contributed by atoms with Crippen LogP contribution >= 0.6 is 15.9 Å². The molecule has 0 N–H and O–H groups in total. The summed E-state index contributed by atoms with van der Waals surface area (Å²) < 4.78 is 12.8. The normalized spacial score (nSPS) is 19.4. The molecule has 0 heterocycles. The van der Waals surface area contributed by atoms with Crippen LogP contribution in [0.2, 0.25) is 0 Å². The number of rotatable bonds is 3. The third-order valence-electron chi connectivity index (χ3n) is 3.38. The number of methoxy groups -OCH3 is 1. The smallest absolute Gasteiger partial charge is 0.124 e. The van der Waals surface area contributed by atoms with Crippen LogP contribution in [-0.4, -0.2) is 12.7 Å². The molecule has 110 valence electrons. The molecule has 0 spiro atoms. The maximum absolute atomic E-state index is 6.13. The van der Waals surface area contributed by atoms with Gasteiger partial charge in [0, 0.05) is 11.5 Å². The van der Waals surface area contributed by atoms with Crippen molar-refractivity contribution in [2.75, 3.05) is 7.11 Å². The molecule has 1 aromatic carbocycles. The van der Waals surface area contributed by atoms with Gasteiger partial charge in [-0.15, -0.1) is 0 Å². The Morgan fingerprint density at radius 1 is 1.25 bits per heavy atom. The monoisotopic (exact) mass is 338 g/mol. The molecule has 20 heavy (non-hydrogen) atoms. The molecule has 2 rings (SSSR count). The van der Waals surface area contributed by atoms with Gasteiger partial charge in [0.1, 0.15) is 17.1 Å². The third-order valence-corrected chi connectivity index (χ3v) is 4.25. The fourth-order valence-electron chi connectivity index (χ4n) is 2.49. The quantitative estimate of drug-likeness (QED) is 0.732. The van der Waals surface area contributed by atoms with Gasteiger partial charge in [0.05, 0.1) is 7.11 Å². The summed E-state index contributed by atoms with van der Waals surface area (Å²) in [6, 6.07) is 6.09. The predicted molar refractivity (Wildman–Crippen MR) is 87.0 cm³/mol. The highest BCUT2D eigenvalue weighted by molar-refractivity contribution is 9.11. The van der Waals surface area contributed by atoms with Crippen LogP contribution in [0, 0.1) is 0 Å². The summed E-state index contributed by atoms with van der Waals surface area (Å²) in [5.74, 6) is 2.21. The van der Waals surface area contributed by atoms with Crippen LogP contribution in [0.4, 0.5) is 0 Å². The standard InChI is InChI=1S/C17H23BrO2/c1-17(2,3)20-16-10-9-12(19-4)11-14(16)13-7-5-6-8-15(13)18/h8-11,13H,5-7H2,1-4H3. The topological polar surface area (TPSA) is 18.5 Å². The molecular weight excluding hydrogens is 316 g/mol. The van der Waals surface area contributed by atoms with E-state index in [0.717, 1.165) is 24.3 Å². The van der Waals surface area contributed by atoms with Crippen LogP contribution in [0.1, 0.15) is 51.5 Å². The number of hydrogen-bond donors (Lipinski definition) is 0. The molecule has 0 saturated heterocycles. The summed E-state index contributed by atoms with van der Waals surface area (Å²) in [5.41, 5.74) is 1.01. The van der Waals surface area contributed by atoms with Crippen LogP contribution in [0.5, 0.6) is 11.5 Å².